The Morgan fingerprint density at radius 3 is 3.04 bits per heavy atom. The molecule has 1 aromatic rings. The fraction of sp³-hybridized carbons (Fsp3) is 0.696. The molecule has 4 nitrogen and oxygen atoms in total. The topological polar surface area (TPSA) is 51.5 Å². The van der Waals surface area contributed by atoms with Crippen LogP contribution in [-0.4, -0.2) is 24.7 Å². The molecule has 0 unspecified atom stereocenters. The fourth-order valence-corrected chi connectivity index (χ4v) is 5.53. The molecule has 4 rings (SSSR count). The summed E-state index contributed by atoms with van der Waals surface area (Å²) in [6.07, 6.45) is 10.9. The van der Waals surface area contributed by atoms with Crippen molar-refractivity contribution in [2.75, 3.05) is 6.54 Å². The molecule has 1 saturated carbocycles. The first-order chi connectivity index (χ1) is 13.0. The SMILES string of the molecule is C[C@@H]1CCC[C@@]2(C)C[C@H]3OC(=O)[C@@H](CN[C@@H](C)CCc4ccco4)[C@@H]3C=C12. The van der Waals surface area contributed by atoms with Gasteiger partial charge in [0.25, 0.3) is 0 Å². The van der Waals surface area contributed by atoms with E-state index in [1.54, 1.807) is 11.8 Å². The fourth-order valence-electron chi connectivity index (χ4n) is 5.53. The lowest BCUT2D eigenvalue weighted by Gasteiger charge is -2.46. The Balaban J connectivity index is 1.39. The van der Waals surface area contributed by atoms with Crippen molar-refractivity contribution < 1.29 is 13.9 Å². The number of hydrogen-bond donors (Lipinski definition) is 1. The number of ether oxygens (including phenoxy) is 1. The zero-order chi connectivity index (χ0) is 19.0. The van der Waals surface area contributed by atoms with Crippen LogP contribution in [0.1, 0.15) is 58.6 Å². The van der Waals surface area contributed by atoms with Crippen molar-refractivity contribution in [3.63, 3.8) is 0 Å². The average Bonchev–Trinajstić information content (AvgIpc) is 3.23. The Morgan fingerprint density at radius 2 is 2.26 bits per heavy atom. The number of allylic oxidation sites excluding steroid dienone is 1. The van der Waals surface area contributed by atoms with Crippen molar-refractivity contribution in [3.8, 4) is 0 Å². The minimum Gasteiger partial charge on any atom is -0.469 e. The van der Waals surface area contributed by atoms with Crippen molar-refractivity contribution in [3.05, 3.63) is 35.8 Å². The average molecular weight is 372 g/mol. The number of hydrogen-bond acceptors (Lipinski definition) is 4. The van der Waals surface area contributed by atoms with E-state index < -0.39 is 0 Å². The molecule has 2 fully saturated rings. The van der Waals surface area contributed by atoms with Crippen LogP contribution in [-0.2, 0) is 16.0 Å². The number of nitrogens with one attached hydrogen (secondary N) is 1. The zero-order valence-electron chi connectivity index (χ0n) is 16.9. The van der Waals surface area contributed by atoms with E-state index in [2.05, 4.69) is 32.2 Å². The molecule has 3 aliphatic rings. The molecule has 1 aromatic heterocycles. The predicted octanol–water partition coefficient (Wildman–Crippen LogP) is 4.50. The molecule has 1 saturated heterocycles. The summed E-state index contributed by atoms with van der Waals surface area (Å²) in [5.74, 6) is 1.84. The third kappa shape index (κ3) is 3.73. The Hall–Kier alpha value is -1.55. The Morgan fingerprint density at radius 1 is 1.41 bits per heavy atom. The van der Waals surface area contributed by atoms with Gasteiger partial charge in [0.2, 0.25) is 0 Å². The first-order valence-electron chi connectivity index (χ1n) is 10.6. The third-order valence-electron chi connectivity index (χ3n) is 7.17. The Kier molecular flexibility index (Phi) is 5.19. The lowest BCUT2D eigenvalue weighted by atomic mass is 9.59. The monoisotopic (exact) mass is 371 g/mol. The van der Waals surface area contributed by atoms with Gasteiger partial charge in [-0.2, -0.15) is 0 Å². The van der Waals surface area contributed by atoms with Crippen LogP contribution < -0.4 is 5.32 Å². The summed E-state index contributed by atoms with van der Waals surface area (Å²) >= 11 is 0. The van der Waals surface area contributed by atoms with Gasteiger partial charge in [0.05, 0.1) is 12.2 Å². The first kappa shape index (κ1) is 18.8. The maximum atomic E-state index is 12.6. The second-order valence-electron chi connectivity index (χ2n) is 9.27. The minimum absolute atomic E-state index is 0.0116. The number of fused-ring (bicyclic) bond motifs is 2. The van der Waals surface area contributed by atoms with Crippen molar-refractivity contribution in [1.82, 2.24) is 5.32 Å². The maximum absolute atomic E-state index is 12.6. The molecular formula is C23H33NO3. The van der Waals surface area contributed by atoms with Crippen LogP contribution in [0.4, 0.5) is 0 Å². The lowest BCUT2D eigenvalue weighted by Crippen LogP contribution is -2.41. The predicted molar refractivity (Wildman–Crippen MR) is 105 cm³/mol. The van der Waals surface area contributed by atoms with Crippen molar-refractivity contribution in [2.45, 2.75) is 71.4 Å². The molecular weight excluding hydrogens is 338 g/mol. The number of furan rings is 1. The highest BCUT2D eigenvalue weighted by atomic mass is 16.6. The Labute approximate surface area is 162 Å². The summed E-state index contributed by atoms with van der Waals surface area (Å²) in [5.41, 5.74) is 1.82. The van der Waals surface area contributed by atoms with Crippen LogP contribution >= 0.6 is 0 Å². The van der Waals surface area contributed by atoms with Gasteiger partial charge < -0.3 is 14.5 Å². The number of aryl methyl sites for hydroxylation is 1. The molecule has 2 aliphatic carbocycles. The Bertz CT molecular complexity index is 694. The summed E-state index contributed by atoms with van der Waals surface area (Å²) in [6.45, 7) is 7.61. The smallest absolute Gasteiger partial charge is 0.311 e. The number of carbonyl (C=O) groups is 1. The van der Waals surface area contributed by atoms with Crippen LogP contribution in [0.15, 0.2) is 34.5 Å². The molecule has 6 atom stereocenters. The van der Waals surface area contributed by atoms with E-state index in [1.807, 2.05) is 12.1 Å². The van der Waals surface area contributed by atoms with Crippen LogP contribution in [0.2, 0.25) is 0 Å². The molecule has 4 heteroatoms. The van der Waals surface area contributed by atoms with Gasteiger partial charge in [-0.1, -0.05) is 31.9 Å². The standard InChI is InChI=1S/C23H33NO3/c1-15-6-4-10-23(3)13-21-18(12-20(15)23)19(22(25)27-21)14-24-16(2)8-9-17-7-5-11-26-17/h5,7,11-12,15-16,18-19,21,24H,4,6,8-10,13-14H2,1-3H3/t15-,16+,18+,19+,21-,23+/m1/s1. The number of carbonyl (C=O) groups excluding carboxylic acids is 1. The third-order valence-corrected chi connectivity index (χ3v) is 7.17. The summed E-state index contributed by atoms with van der Waals surface area (Å²) in [7, 11) is 0. The van der Waals surface area contributed by atoms with Gasteiger partial charge >= 0.3 is 5.97 Å². The summed E-state index contributed by atoms with van der Waals surface area (Å²) in [4.78, 5) is 12.6. The normalized spacial score (nSPS) is 36.6. The maximum Gasteiger partial charge on any atom is 0.311 e. The van der Waals surface area contributed by atoms with E-state index in [1.165, 1.54) is 19.3 Å². The van der Waals surface area contributed by atoms with Gasteiger partial charge in [-0.05, 0) is 56.1 Å². The highest BCUT2D eigenvalue weighted by Gasteiger charge is 2.51. The van der Waals surface area contributed by atoms with E-state index in [-0.39, 0.29) is 29.3 Å². The number of rotatable bonds is 6. The van der Waals surface area contributed by atoms with E-state index in [4.69, 9.17) is 9.15 Å². The van der Waals surface area contributed by atoms with Gasteiger partial charge in [0.1, 0.15) is 11.9 Å². The molecule has 148 valence electrons. The summed E-state index contributed by atoms with van der Waals surface area (Å²) in [6, 6.07) is 4.29. The largest absolute Gasteiger partial charge is 0.469 e. The second kappa shape index (κ2) is 7.46. The van der Waals surface area contributed by atoms with E-state index in [0.717, 1.165) is 25.0 Å². The van der Waals surface area contributed by atoms with Gasteiger partial charge in [-0.15, -0.1) is 0 Å². The van der Waals surface area contributed by atoms with E-state index in [0.29, 0.717) is 18.5 Å². The van der Waals surface area contributed by atoms with Gasteiger partial charge in [0, 0.05) is 24.9 Å². The number of esters is 1. The van der Waals surface area contributed by atoms with Crippen molar-refractivity contribution >= 4 is 5.97 Å². The van der Waals surface area contributed by atoms with Gasteiger partial charge in [-0.3, -0.25) is 4.79 Å². The minimum atomic E-state index is -0.0489. The molecule has 2 heterocycles. The lowest BCUT2D eigenvalue weighted by molar-refractivity contribution is -0.145. The molecule has 0 spiro atoms. The van der Waals surface area contributed by atoms with Gasteiger partial charge in [0.15, 0.2) is 0 Å². The molecule has 0 aromatic carbocycles. The molecule has 1 aliphatic heterocycles. The van der Waals surface area contributed by atoms with Crippen molar-refractivity contribution in [1.29, 1.82) is 0 Å². The van der Waals surface area contributed by atoms with Gasteiger partial charge in [-0.25, -0.2) is 0 Å². The summed E-state index contributed by atoms with van der Waals surface area (Å²) in [5, 5.41) is 3.57. The quantitative estimate of drug-likeness (QED) is 0.591. The molecule has 0 amide bonds. The second-order valence-corrected chi connectivity index (χ2v) is 9.27. The highest BCUT2D eigenvalue weighted by molar-refractivity contribution is 5.76. The van der Waals surface area contributed by atoms with E-state index in [9.17, 15) is 4.79 Å². The van der Waals surface area contributed by atoms with Crippen LogP contribution in [0.25, 0.3) is 0 Å². The molecule has 0 radical (unpaired) electrons. The molecule has 0 bridgehead atoms. The highest BCUT2D eigenvalue weighted by Crippen LogP contribution is 2.53. The van der Waals surface area contributed by atoms with Crippen LogP contribution in [0.3, 0.4) is 0 Å². The zero-order valence-corrected chi connectivity index (χ0v) is 16.9. The molecule has 1 N–H and O–H groups in total. The van der Waals surface area contributed by atoms with Crippen molar-refractivity contribution in [2.24, 2.45) is 23.2 Å². The first-order valence-corrected chi connectivity index (χ1v) is 10.6. The summed E-state index contributed by atoms with van der Waals surface area (Å²) < 4.78 is 11.2. The molecule has 27 heavy (non-hydrogen) atoms. The van der Waals surface area contributed by atoms with Crippen LogP contribution in [0.5, 0.6) is 0 Å². The van der Waals surface area contributed by atoms with E-state index >= 15 is 0 Å². The van der Waals surface area contributed by atoms with Crippen LogP contribution in [0, 0.1) is 23.2 Å².